The van der Waals surface area contributed by atoms with E-state index >= 15 is 0 Å². The van der Waals surface area contributed by atoms with E-state index in [0.717, 1.165) is 32.4 Å². The van der Waals surface area contributed by atoms with Crippen molar-refractivity contribution in [3.8, 4) is 0 Å². The first kappa shape index (κ1) is 44.8. The van der Waals surface area contributed by atoms with Crippen LogP contribution in [0.2, 0.25) is 0 Å². The summed E-state index contributed by atoms with van der Waals surface area (Å²) in [4.78, 5) is 26.2. The minimum Gasteiger partial charge on any atom is -0.444 e. The largest absolute Gasteiger partial charge is 0.444 e. The Kier molecular flexibility index (Phi) is 20.3. The molecular formula is C40H68N4O6. The summed E-state index contributed by atoms with van der Waals surface area (Å²) in [6.07, 6.45) is 1.84. The Morgan fingerprint density at radius 3 is 1.36 bits per heavy atom. The molecule has 2 rings (SSSR count). The molecule has 2 amide bonds. The summed E-state index contributed by atoms with van der Waals surface area (Å²) in [6.45, 7) is 20.5. The maximum absolute atomic E-state index is 12.2. The summed E-state index contributed by atoms with van der Waals surface area (Å²) in [5.74, 6) is 0. The molecule has 0 aromatic heterocycles. The van der Waals surface area contributed by atoms with E-state index in [0.29, 0.717) is 19.3 Å². The number of hydrogen-bond donors (Lipinski definition) is 5. The number of aliphatic hydroxyl groups excluding tert-OH is 2. The topological polar surface area (TPSA) is 146 Å². The maximum atomic E-state index is 12.2. The maximum Gasteiger partial charge on any atom is 0.407 e. The van der Waals surface area contributed by atoms with Crippen molar-refractivity contribution < 1.29 is 29.3 Å². The summed E-state index contributed by atoms with van der Waals surface area (Å²) in [6, 6.07) is 20.2. The van der Waals surface area contributed by atoms with Crippen molar-refractivity contribution in [1.82, 2.24) is 15.5 Å². The second-order valence-electron chi connectivity index (χ2n) is 15.0. The lowest BCUT2D eigenvalue weighted by atomic mass is 9.97. The lowest BCUT2D eigenvalue weighted by Gasteiger charge is -2.36. The molecule has 284 valence electrons. The molecule has 6 atom stereocenters. The van der Waals surface area contributed by atoms with Crippen molar-refractivity contribution in [2.75, 3.05) is 0 Å². The molecule has 6 N–H and O–H groups in total. The van der Waals surface area contributed by atoms with Crippen molar-refractivity contribution in [3.05, 3.63) is 71.8 Å². The first-order valence-corrected chi connectivity index (χ1v) is 18.3. The fourth-order valence-corrected chi connectivity index (χ4v) is 5.49. The molecule has 0 aliphatic carbocycles. The molecule has 0 aliphatic rings. The van der Waals surface area contributed by atoms with Gasteiger partial charge < -0.3 is 36.1 Å². The third kappa shape index (κ3) is 19.3. The van der Waals surface area contributed by atoms with E-state index in [2.05, 4.69) is 46.7 Å². The zero-order chi connectivity index (χ0) is 37.9. The fourth-order valence-electron chi connectivity index (χ4n) is 5.49. The van der Waals surface area contributed by atoms with Gasteiger partial charge in [-0.15, -0.1) is 0 Å². The molecule has 0 radical (unpaired) electrons. The highest BCUT2D eigenvalue weighted by Gasteiger charge is 2.29. The van der Waals surface area contributed by atoms with Crippen LogP contribution in [-0.2, 0) is 22.6 Å². The Bertz CT molecular complexity index is 1160. The van der Waals surface area contributed by atoms with Gasteiger partial charge in [0.1, 0.15) is 11.2 Å². The summed E-state index contributed by atoms with van der Waals surface area (Å²) in [5.41, 5.74) is 7.13. The Morgan fingerprint density at radius 2 is 1.04 bits per heavy atom. The van der Waals surface area contributed by atoms with Gasteiger partial charge in [-0.25, -0.2) is 9.59 Å². The lowest BCUT2D eigenvalue weighted by molar-refractivity contribution is 0.0215. The van der Waals surface area contributed by atoms with Crippen LogP contribution in [-0.4, -0.2) is 74.9 Å². The zero-order valence-corrected chi connectivity index (χ0v) is 32.4. The van der Waals surface area contributed by atoms with Crippen LogP contribution in [0.25, 0.3) is 0 Å². The number of nitrogens with one attached hydrogen (secondary N) is 2. The van der Waals surface area contributed by atoms with E-state index in [1.807, 2.05) is 98.7 Å². The van der Waals surface area contributed by atoms with E-state index in [1.165, 1.54) is 11.1 Å². The van der Waals surface area contributed by atoms with Gasteiger partial charge in [0.25, 0.3) is 0 Å². The number of alkyl carbamates (subject to hydrolysis) is 2. The number of carbonyl (C=O) groups excluding carboxylic acids is 2. The minimum atomic E-state index is -0.602. The van der Waals surface area contributed by atoms with Gasteiger partial charge in [-0.05, 0) is 91.2 Å². The monoisotopic (exact) mass is 701 g/mol. The van der Waals surface area contributed by atoms with Crippen LogP contribution in [0.5, 0.6) is 0 Å². The molecule has 50 heavy (non-hydrogen) atoms. The van der Waals surface area contributed by atoms with Gasteiger partial charge in [-0.2, -0.15) is 0 Å². The smallest absolute Gasteiger partial charge is 0.407 e. The van der Waals surface area contributed by atoms with E-state index in [4.69, 9.17) is 15.2 Å². The molecule has 2 aromatic rings. The predicted octanol–water partition coefficient (Wildman–Crippen LogP) is 7.30. The number of nitrogens with two attached hydrogens (primary N) is 1. The first-order valence-electron chi connectivity index (χ1n) is 18.3. The van der Waals surface area contributed by atoms with Crippen LogP contribution < -0.4 is 16.4 Å². The third-order valence-corrected chi connectivity index (χ3v) is 8.23. The number of nitrogens with zero attached hydrogens (tertiary/aromatic N) is 1. The first-order chi connectivity index (χ1) is 23.4. The Balaban J connectivity index is 0.000000591. The molecule has 10 heteroatoms. The van der Waals surface area contributed by atoms with Gasteiger partial charge in [-0.3, -0.25) is 4.90 Å². The number of benzene rings is 2. The quantitative estimate of drug-likeness (QED) is 0.116. The van der Waals surface area contributed by atoms with Crippen molar-refractivity contribution >= 4 is 12.2 Å². The molecule has 0 saturated carbocycles. The van der Waals surface area contributed by atoms with Gasteiger partial charge in [0.2, 0.25) is 0 Å². The SMILES string of the molecule is CCC(CC(O)C(CC)N(Cc1ccccc1)Cc1ccccc1)NC(=O)OC(C)(C)C.CCC(CC(O)C(N)CC)NC(=O)OC(C)(C)C. The average molecular weight is 701 g/mol. The predicted molar refractivity (Wildman–Crippen MR) is 203 cm³/mol. The molecule has 6 unspecified atom stereocenters. The number of amides is 2. The number of rotatable bonds is 17. The summed E-state index contributed by atoms with van der Waals surface area (Å²) in [7, 11) is 0. The second kappa shape index (κ2) is 22.6. The van der Waals surface area contributed by atoms with Crippen molar-refractivity contribution in [2.45, 2.75) is 168 Å². The van der Waals surface area contributed by atoms with Gasteiger partial charge in [-0.1, -0.05) is 88.4 Å². The molecule has 0 fully saturated rings. The fraction of sp³-hybridized carbons (Fsp3) is 0.650. The Morgan fingerprint density at radius 1 is 0.660 bits per heavy atom. The van der Waals surface area contributed by atoms with Crippen molar-refractivity contribution in [2.24, 2.45) is 5.73 Å². The second-order valence-corrected chi connectivity index (χ2v) is 15.0. The zero-order valence-electron chi connectivity index (χ0n) is 32.4. The molecule has 0 bridgehead atoms. The van der Waals surface area contributed by atoms with Crippen LogP contribution in [0.3, 0.4) is 0 Å². The molecule has 2 aromatic carbocycles. The van der Waals surface area contributed by atoms with Gasteiger partial charge >= 0.3 is 12.2 Å². The molecule has 0 heterocycles. The number of ether oxygens (including phenoxy) is 2. The highest BCUT2D eigenvalue weighted by molar-refractivity contribution is 5.68. The lowest BCUT2D eigenvalue weighted by Crippen LogP contribution is -2.47. The van der Waals surface area contributed by atoms with Crippen LogP contribution in [0.4, 0.5) is 9.59 Å². The standard InChI is InChI=1S/C27H40N2O3.C13H28N2O3/c1-6-23(28-26(31)32-27(3,4)5)18-25(30)24(7-2)29(19-21-14-10-8-11-15-21)20-22-16-12-9-13-17-22;1-6-9(8-11(16)10(14)7-2)15-12(17)18-13(3,4)5/h8-17,23-25,30H,6-7,18-20H2,1-5H3,(H,28,31);9-11,16H,6-8,14H2,1-5H3,(H,15,17). The number of aliphatic hydroxyl groups is 2. The van der Waals surface area contributed by atoms with Crippen LogP contribution in [0.15, 0.2) is 60.7 Å². The highest BCUT2D eigenvalue weighted by Crippen LogP contribution is 2.21. The summed E-state index contributed by atoms with van der Waals surface area (Å²) < 4.78 is 10.6. The molecule has 0 spiro atoms. The summed E-state index contributed by atoms with van der Waals surface area (Å²) >= 11 is 0. The highest BCUT2D eigenvalue weighted by atomic mass is 16.6. The van der Waals surface area contributed by atoms with E-state index in [1.54, 1.807) is 0 Å². The minimum absolute atomic E-state index is 0.0371. The van der Waals surface area contributed by atoms with E-state index < -0.39 is 35.6 Å². The molecule has 10 nitrogen and oxygen atoms in total. The average Bonchev–Trinajstić information content (AvgIpc) is 3.03. The van der Waals surface area contributed by atoms with Gasteiger partial charge in [0.15, 0.2) is 0 Å². The summed E-state index contributed by atoms with van der Waals surface area (Å²) in [5, 5.41) is 26.8. The van der Waals surface area contributed by atoms with Crippen LogP contribution in [0, 0.1) is 0 Å². The number of hydrogen-bond acceptors (Lipinski definition) is 8. The Labute approximate surface area is 302 Å². The van der Waals surface area contributed by atoms with Gasteiger partial charge in [0, 0.05) is 37.3 Å². The van der Waals surface area contributed by atoms with Crippen LogP contribution >= 0.6 is 0 Å². The molecule has 0 aliphatic heterocycles. The number of carbonyl (C=O) groups is 2. The van der Waals surface area contributed by atoms with Crippen molar-refractivity contribution in [1.29, 1.82) is 0 Å². The van der Waals surface area contributed by atoms with Crippen LogP contribution in [0.1, 0.15) is 119 Å². The Hall–Kier alpha value is -3.18. The van der Waals surface area contributed by atoms with E-state index in [-0.39, 0.29) is 24.2 Å². The van der Waals surface area contributed by atoms with E-state index in [9.17, 15) is 19.8 Å². The molecule has 0 saturated heterocycles. The van der Waals surface area contributed by atoms with Gasteiger partial charge in [0.05, 0.1) is 12.2 Å². The third-order valence-electron chi connectivity index (χ3n) is 8.23. The molecular weight excluding hydrogens is 632 g/mol. The normalized spacial score (nSPS) is 15.4. The van der Waals surface area contributed by atoms with Crippen molar-refractivity contribution in [3.63, 3.8) is 0 Å².